The van der Waals surface area contributed by atoms with Crippen molar-refractivity contribution in [2.75, 3.05) is 33.9 Å². The number of methoxy groups -OCH3 is 1. The van der Waals surface area contributed by atoms with Crippen molar-refractivity contribution in [1.29, 1.82) is 0 Å². The van der Waals surface area contributed by atoms with Gasteiger partial charge in [-0.15, -0.1) is 0 Å². The molecule has 1 aliphatic rings. The van der Waals surface area contributed by atoms with Gasteiger partial charge < -0.3 is 25.4 Å². The maximum atomic E-state index is 12.4. The van der Waals surface area contributed by atoms with E-state index in [4.69, 9.17) is 9.47 Å². The van der Waals surface area contributed by atoms with Gasteiger partial charge in [-0.1, -0.05) is 12.1 Å². The third-order valence-corrected chi connectivity index (χ3v) is 4.62. The molecule has 1 heterocycles. The number of carbonyl (C=O) groups is 1. The first kappa shape index (κ1) is 21.2. The zero-order valence-corrected chi connectivity index (χ0v) is 16.8. The molecule has 0 radical (unpaired) electrons. The molecule has 1 aliphatic heterocycles. The van der Waals surface area contributed by atoms with Crippen LogP contribution in [0.3, 0.4) is 0 Å². The van der Waals surface area contributed by atoms with E-state index < -0.39 is 0 Å². The van der Waals surface area contributed by atoms with Crippen molar-refractivity contribution in [2.24, 2.45) is 4.99 Å². The van der Waals surface area contributed by atoms with Gasteiger partial charge in [-0.25, -0.2) is 0 Å². The minimum Gasteiger partial charge on any atom is -0.377 e. The average molecular weight is 377 g/mol. The molecule has 1 amide bonds. The Morgan fingerprint density at radius 2 is 2.15 bits per heavy atom. The van der Waals surface area contributed by atoms with Gasteiger partial charge >= 0.3 is 0 Å². The molecular formula is C20H32N4O3. The topological polar surface area (TPSA) is 84.0 Å². The van der Waals surface area contributed by atoms with Crippen LogP contribution in [0.5, 0.6) is 0 Å². The lowest BCUT2D eigenvalue weighted by molar-refractivity contribution is 0.0268. The van der Waals surface area contributed by atoms with Gasteiger partial charge in [0.2, 0.25) is 0 Å². The van der Waals surface area contributed by atoms with Crippen LogP contribution in [0.2, 0.25) is 0 Å². The maximum absolute atomic E-state index is 12.4. The highest BCUT2D eigenvalue weighted by molar-refractivity contribution is 5.94. The monoisotopic (exact) mass is 376 g/mol. The van der Waals surface area contributed by atoms with Crippen LogP contribution < -0.4 is 16.0 Å². The summed E-state index contributed by atoms with van der Waals surface area (Å²) >= 11 is 0. The van der Waals surface area contributed by atoms with Gasteiger partial charge in [-0.05, 0) is 44.4 Å². The fraction of sp³-hybridized carbons (Fsp3) is 0.600. The second-order valence-electron chi connectivity index (χ2n) is 7.29. The predicted octanol–water partition coefficient (Wildman–Crippen LogP) is 1.69. The van der Waals surface area contributed by atoms with Crippen LogP contribution in [0.15, 0.2) is 29.3 Å². The summed E-state index contributed by atoms with van der Waals surface area (Å²) in [6.07, 6.45) is 2.22. The Labute approximate surface area is 161 Å². The van der Waals surface area contributed by atoms with Crippen LogP contribution >= 0.6 is 0 Å². The summed E-state index contributed by atoms with van der Waals surface area (Å²) in [5, 5.41) is 9.45. The number of carbonyl (C=O) groups excluding carboxylic acids is 1. The molecule has 2 rings (SSSR count). The van der Waals surface area contributed by atoms with Gasteiger partial charge in [0.15, 0.2) is 5.96 Å². The minimum atomic E-state index is -0.279. The van der Waals surface area contributed by atoms with Crippen LogP contribution in [-0.4, -0.2) is 57.4 Å². The van der Waals surface area contributed by atoms with Gasteiger partial charge in [0.1, 0.15) is 0 Å². The zero-order chi connectivity index (χ0) is 19.7. The Kier molecular flexibility index (Phi) is 8.06. The van der Waals surface area contributed by atoms with E-state index in [1.54, 1.807) is 14.2 Å². The molecule has 0 bridgehead atoms. The van der Waals surface area contributed by atoms with E-state index >= 15 is 0 Å². The number of benzene rings is 1. The van der Waals surface area contributed by atoms with E-state index in [0.29, 0.717) is 31.2 Å². The largest absolute Gasteiger partial charge is 0.377 e. The summed E-state index contributed by atoms with van der Waals surface area (Å²) in [5.74, 6) is 0.616. The number of aliphatic imine (C=N–C) groups is 1. The number of nitrogens with zero attached hydrogens (tertiary/aromatic N) is 1. The van der Waals surface area contributed by atoms with E-state index in [9.17, 15) is 4.79 Å². The quantitative estimate of drug-likeness (QED) is 0.475. The molecule has 3 N–H and O–H groups in total. The molecule has 0 aliphatic carbocycles. The average Bonchev–Trinajstić information content (AvgIpc) is 3.20. The molecule has 7 nitrogen and oxygen atoms in total. The van der Waals surface area contributed by atoms with Crippen LogP contribution in [0.25, 0.3) is 0 Å². The summed E-state index contributed by atoms with van der Waals surface area (Å²) in [4.78, 5) is 16.6. The first-order valence-electron chi connectivity index (χ1n) is 9.42. The Hall–Kier alpha value is -2.12. The highest BCUT2D eigenvalue weighted by Crippen LogP contribution is 2.11. The van der Waals surface area contributed by atoms with Crippen molar-refractivity contribution in [3.8, 4) is 0 Å². The normalized spacial score (nSPS) is 17.6. The first-order chi connectivity index (χ1) is 12.9. The third-order valence-electron chi connectivity index (χ3n) is 4.62. The Morgan fingerprint density at radius 3 is 2.81 bits per heavy atom. The molecule has 1 aromatic carbocycles. The van der Waals surface area contributed by atoms with Gasteiger partial charge in [0.05, 0.1) is 11.7 Å². The molecule has 1 fully saturated rings. The van der Waals surface area contributed by atoms with Crippen LogP contribution in [-0.2, 0) is 16.0 Å². The number of ether oxygens (including phenoxy) is 2. The minimum absolute atomic E-state index is 0.0725. The summed E-state index contributed by atoms with van der Waals surface area (Å²) in [6.45, 7) is 6.57. The van der Waals surface area contributed by atoms with Crippen molar-refractivity contribution in [1.82, 2.24) is 16.0 Å². The molecule has 0 saturated carbocycles. The molecule has 0 aromatic heterocycles. The molecule has 150 valence electrons. The fourth-order valence-electron chi connectivity index (χ4n) is 2.71. The van der Waals surface area contributed by atoms with E-state index in [-0.39, 0.29) is 17.6 Å². The summed E-state index contributed by atoms with van der Waals surface area (Å²) in [7, 11) is 3.41. The van der Waals surface area contributed by atoms with Gasteiger partial charge in [-0.3, -0.25) is 9.79 Å². The van der Waals surface area contributed by atoms with Crippen LogP contribution in [0.1, 0.15) is 42.6 Å². The van der Waals surface area contributed by atoms with E-state index in [0.717, 1.165) is 25.0 Å². The number of hydrogen-bond donors (Lipinski definition) is 3. The number of nitrogens with one attached hydrogen (secondary N) is 3. The van der Waals surface area contributed by atoms with Crippen molar-refractivity contribution < 1.29 is 14.3 Å². The Bertz CT molecular complexity index is 640. The van der Waals surface area contributed by atoms with E-state index in [1.165, 1.54) is 0 Å². The van der Waals surface area contributed by atoms with Crippen molar-refractivity contribution in [3.63, 3.8) is 0 Å². The molecule has 1 atom stereocenters. The zero-order valence-electron chi connectivity index (χ0n) is 16.8. The molecular weight excluding hydrogens is 344 g/mol. The maximum Gasteiger partial charge on any atom is 0.251 e. The molecule has 1 saturated heterocycles. The smallest absolute Gasteiger partial charge is 0.251 e. The predicted molar refractivity (Wildman–Crippen MR) is 107 cm³/mol. The highest BCUT2D eigenvalue weighted by Gasteiger charge is 2.17. The van der Waals surface area contributed by atoms with Crippen molar-refractivity contribution in [2.45, 2.75) is 44.9 Å². The number of hydrogen-bond acceptors (Lipinski definition) is 4. The molecule has 0 spiro atoms. The lowest BCUT2D eigenvalue weighted by Crippen LogP contribution is -2.45. The lowest BCUT2D eigenvalue weighted by atomic mass is 10.1. The standard InChI is InChI=1S/C20H32N4O3/c1-20(2,26-4)14-24-19(21-3)23-12-15-7-5-8-16(11-15)18(25)22-13-17-9-6-10-27-17/h5,7-8,11,17H,6,9-10,12-14H2,1-4H3,(H,22,25)(H2,21,23,24). The Morgan fingerprint density at radius 1 is 1.33 bits per heavy atom. The van der Waals surface area contributed by atoms with Gasteiger partial charge in [0, 0.05) is 46.0 Å². The first-order valence-corrected chi connectivity index (χ1v) is 9.42. The molecule has 1 unspecified atom stereocenters. The van der Waals surface area contributed by atoms with Gasteiger partial charge in [-0.2, -0.15) is 0 Å². The van der Waals surface area contributed by atoms with E-state index in [2.05, 4.69) is 20.9 Å². The summed E-state index contributed by atoms with van der Waals surface area (Å²) < 4.78 is 10.9. The molecule has 1 aromatic rings. The summed E-state index contributed by atoms with van der Waals surface area (Å²) in [6, 6.07) is 7.59. The van der Waals surface area contributed by atoms with E-state index in [1.807, 2.05) is 38.1 Å². The number of amides is 1. The molecule has 7 heteroatoms. The SMILES string of the molecule is CN=C(NCc1cccc(C(=O)NCC2CCCO2)c1)NCC(C)(C)OC. The van der Waals surface area contributed by atoms with Crippen LogP contribution in [0.4, 0.5) is 0 Å². The Balaban J connectivity index is 1.84. The second-order valence-corrected chi connectivity index (χ2v) is 7.29. The van der Waals surface area contributed by atoms with Crippen LogP contribution in [0, 0.1) is 0 Å². The van der Waals surface area contributed by atoms with Gasteiger partial charge in [0.25, 0.3) is 5.91 Å². The highest BCUT2D eigenvalue weighted by atomic mass is 16.5. The third kappa shape index (κ3) is 7.19. The van der Waals surface area contributed by atoms with Crippen molar-refractivity contribution >= 4 is 11.9 Å². The summed E-state index contributed by atoms with van der Waals surface area (Å²) in [5.41, 5.74) is 1.38. The second kappa shape index (κ2) is 10.3. The fourth-order valence-corrected chi connectivity index (χ4v) is 2.71. The number of rotatable bonds is 8. The lowest BCUT2D eigenvalue weighted by Gasteiger charge is -2.24. The van der Waals surface area contributed by atoms with Crippen molar-refractivity contribution in [3.05, 3.63) is 35.4 Å². The molecule has 27 heavy (non-hydrogen) atoms. The number of guanidine groups is 1.